The Balaban J connectivity index is 1.31. The van der Waals surface area contributed by atoms with Crippen LogP contribution in [0.4, 0.5) is 4.39 Å². The molecule has 30 heavy (non-hydrogen) atoms. The monoisotopic (exact) mass is 406 g/mol. The minimum Gasteiger partial charge on any atom is -0.507 e. The van der Waals surface area contributed by atoms with E-state index < -0.39 is 12.3 Å². The number of phenolic OH excluding ortho intramolecular Hbond substituents is 1. The van der Waals surface area contributed by atoms with Gasteiger partial charge in [-0.15, -0.1) is 10.2 Å². The normalized spacial score (nSPS) is 25.6. The fourth-order valence-corrected chi connectivity index (χ4v) is 4.40. The molecule has 2 aliphatic rings. The Kier molecular flexibility index (Phi) is 5.04. The van der Waals surface area contributed by atoms with E-state index in [1.807, 2.05) is 24.3 Å². The minimum atomic E-state index is -1.05. The third-order valence-corrected chi connectivity index (χ3v) is 5.92. The van der Waals surface area contributed by atoms with Crippen molar-refractivity contribution in [2.45, 2.75) is 50.0 Å². The summed E-state index contributed by atoms with van der Waals surface area (Å²) in [5, 5.41) is 22.1. The zero-order valence-corrected chi connectivity index (χ0v) is 16.4. The van der Waals surface area contributed by atoms with Gasteiger partial charge in [0.15, 0.2) is 6.17 Å². The number of hydrogen-bond donors (Lipinski definition) is 2. The molecule has 2 aromatic heterocycles. The average molecular weight is 406 g/mol. The van der Waals surface area contributed by atoms with E-state index >= 15 is 0 Å². The van der Waals surface area contributed by atoms with Crippen molar-refractivity contribution in [2.24, 2.45) is 0 Å². The lowest BCUT2D eigenvalue weighted by atomic mass is 9.84. The highest BCUT2D eigenvalue weighted by molar-refractivity contribution is 5.72. The van der Waals surface area contributed by atoms with Crippen LogP contribution in [-0.4, -0.2) is 44.6 Å². The number of benzene rings is 1. The molecule has 2 bridgehead atoms. The topological polar surface area (TPSA) is 80.2 Å². The van der Waals surface area contributed by atoms with Gasteiger partial charge in [0, 0.05) is 41.9 Å². The molecule has 154 valence electrons. The maximum atomic E-state index is 14.7. The number of nitrogens with zero attached hydrogens (tertiary/aromatic N) is 3. The average Bonchev–Trinajstić information content (AvgIpc) is 2.79. The first-order valence-electron chi connectivity index (χ1n) is 10.3. The van der Waals surface area contributed by atoms with Crippen molar-refractivity contribution in [3.05, 3.63) is 54.7 Å². The number of nitrogens with one attached hydrogen (secondary N) is 1. The summed E-state index contributed by atoms with van der Waals surface area (Å²) in [6, 6.07) is 14.5. The highest BCUT2D eigenvalue weighted by atomic mass is 19.1. The van der Waals surface area contributed by atoms with E-state index in [4.69, 9.17) is 4.74 Å². The number of aromatic hydroxyl groups is 1. The second-order valence-electron chi connectivity index (χ2n) is 7.94. The van der Waals surface area contributed by atoms with E-state index in [0.29, 0.717) is 29.6 Å². The zero-order valence-electron chi connectivity index (χ0n) is 16.4. The van der Waals surface area contributed by atoms with Crippen LogP contribution in [0.1, 0.15) is 25.7 Å². The van der Waals surface area contributed by atoms with Crippen LogP contribution in [0.25, 0.3) is 22.5 Å². The Bertz CT molecular complexity index is 1020. The predicted octanol–water partition coefficient (Wildman–Crippen LogP) is 3.91. The highest BCUT2D eigenvalue weighted by Gasteiger charge is 2.41. The summed E-state index contributed by atoms with van der Waals surface area (Å²) in [7, 11) is 0. The van der Waals surface area contributed by atoms with E-state index in [1.54, 1.807) is 30.5 Å². The summed E-state index contributed by atoms with van der Waals surface area (Å²) >= 11 is 0. The van der Waals surface area contributed by atoms with Crippen molar-refractivity contribution < 1.29 is 14.2 Å². The minimum absolute atomic E-state index is 0.0936. The molecule has 0 radical (unpaired) electrons. The molecule has 2 N–H and O–H groups in total. The lowest BCUT2D eigenvalue weighted by molar-refractivity contribution is 0.00652. The summed E-state index contributed by atoms with van der Waals surface area (Å²) < 4.78 is 20.5. The molecule has 2 fully saturated rings. The van der Waals surface area contributed by atoms with Crippen LogP contribution in [0.15, 0.2) is 54.7 Å². The molecule has 0 saturated carbocycles. The summed E-state index contributed by atoms with van der Waals surface area (Å²) in [6.07, 6.45) is 3.75. The quantitative estimate of drug-likeness (QED) is 0.684. The van der Waals surface area contributed by atoms with Gasteiger partial charge in [-0.2, -0.15) is 0 Å². The van der Waals surface area contributed by atoms with Crippen LogP contribution in [0, 0.1) is 0 Å². The number of alkyl halides is 1. The van der Waals surface area contributed by atoms with Gasteiger partial charge >= 0.3 is 0 Å². The standard InChI is InChI=1S/C23H23FN4O2/c24-23-19-6-3-4-15(26-19)13-21(23)30-22-10-9-18(27-28-22)16-8-7-14(12-20(16)29)17-5-1-2-11-25-17/h1-2,5,7-12,15,19,21,23,26,29H,3-4,6,13H2/t15-,19+,21-,23+/m1/s1. The molecule has 4 atom stereocenters. The van der Waals surface area contributed by atoms with Crippen molar-refractivity contribution in [1.82, 2.24) is 20.5 Å². The first-order valence-corrected chi connectivity index (χ1v) is 10.3. The van der Waals surface area contributed by atoms with Gasteiger partial charge in [-0.05, 0) is 43.2 Å². The molecule has 5 rings (SSSR count). The number of halogens is 1. The second-order valence-corrected chi connectivity index (χ2v) is 7.94. The maximum absolute atomic E-state index is 14.7. The molecule has 4 heterocycles. The fraction of sp³-hybridized carbons (Fsp3) is 0.348. The maximum Gasteiger partial charge on any atom is 0.233 e. The lowest BCUT2D eigenvalue weighted by Gasteiger charge is -2.42. The first-order chi connectivity index (χ1) is 14.7. The largest absolute Gasteiger partial charge is 0.507 e. The molecule has 0 spiro atoms. The van der Waals surface area contributed by atoms with Crippen LogP contribution in [0.2, 0.25) is 0 Å². The van der Waals surface area contributed by atoms with E-state index in [2.05, 4.69) is 20.5 Å². The molecule has 0 amide bonds. The number of phenols is 1. The van der Waals surface area contributed by atoms with Crippen molar-refractivity contribution >= 4 is 0 Å². The number of pyridine rings is 1. The molecule has 3 aromatic rings. The second kappa shape index (κ2) is 7.99. The van der Waals surface area contributed by atoms with E-state index in [0.717, 1.165) is 30.5 Å². The Morgan fingerprint density at radius 1 is 1.03 bits per heavy atom. The van der Waals surface area contributed by atoms with Gasteiger partial charge in [0.05, 0.1) is 11.4 Å². The number of piperidine rings is 2. The number of hydrogen-bond acceptors (Lipinski definition) is 6. The van der Waals surface area contributed by atoms with E-state index in [1.165, 1.54) is 0 Å². The van der Waals surface area contributed by atoms with Gasteiger partial charge in [-0.3, -0.25) is 4.98 Å². The molecular formula is C23H23FN4O2. The SMILES string of the molecule is Oc1cc(-c2ccccn2)ccc1-c1ccc(O[C@@H]2C[C@H]3CCC[C@H](N3)[C@@H]2F)nn1. The molecule has 1 aromatic carbocycles. The predicted molar refractivity (Wildman–Crippen MR) is 111 cm³/mol. The zero-order chi connectivity index (χ0) is 20.5. The summed E-state index contributed by atoms with van der Waals surface area (Å²) in [6.45, 7) is 0. The van der Waals surface area contributed by atoms with Crippen molar-refractivity contribution in [3.63, 3.8) is 0 Å². The first kappa shape index (κ1) is 18.9. The van der Waals surface area contributed by atoms with Gasteiger partial charge < -0.3 is 15.2 Å². The van der Waals surface area contributed by atoms with Gasteiger partial charge in [-0.1, -0.05) is 18.6 Å². The Morgan fingerprint density at radius 3 is 2.73 bits per heavy atom. The van der Waals surface area contributed by atoms with Gasteiger partial charge in [0.1, 0.15) is 11.9 Å². The Labute approximate surface area is 174 Å². The Morgan fingerprint density at radius 2 is 1.97 bits per heavy atom. The number of aromatic nitrogens is 3. The van der Waals surface area contributed by atoms with Crippen molar-refractivity contribution in [2.75, 3.05) is 0 Å². The molecule has 6 nitrogen and oxygen atoms in total. The van der Waals surface area contributed by atoms with Crippen LogP contribution in [-0.2, 0) is 0 Å². The van der Waals surface area contributed by atoms with Gasteiger partial charge in [0.2, 0.25) is 5.88 Å². The van der Waals surface area contributed by atoms with Crippen LogP contribution >= 0.6 is 0 Å². The molecule has 0 aliphatic carbocycles. The number of fused-ring (bicyclic) bond motifs is 2. The molecule has 7 heteroatoms. The van der Waals surface area contributed by atoms with Crippen LogP contribution < -0.4 is 10.1 Å². The van der Waals surface area contributed by atoms with Crippen LogP contribution in [0.5, 0.6) is 11.6 Å². The highest BCUT2D eigenvalue weighted by Crippen LogP contribution is 2.33. The molecule has 2 saturated heterocycles. The molecular weight excluding hydrogens is 383 g/mol. The number of rotatable bonds is 4. The summed E-state index contributed by atoms with van der Waals surface area (Å²) in [5.74, 6) is 0.395. The molecule has 2 aliphatic heterocycles. The Hall–Kier alpha value is -3.06. The van der Waals surface area contributed by atoms with Crippen molar-refractivity contribution in [3.8, 4) is 34.1 Å². The van der Waals surface area contributed by atoms with Gasteiger partial charge in [0.25, 0.3) is 0 Å². The van der Waals surface area contributed by atoms with Gasteiger partial charge in [-0.25, -0.2) is 4.39 Å². The lowest BCUT2D eigenvalue weighted by Crippen LogP contribution is -2.59. The van der Waals surface area contributed by atoms with Crippen molar-refractivity contribution in [1.29, 1.82) is 0 Å². The van der Waals surface area contributed by atoms with E-state index in [9.17, 15) is 9.50 Å². The fourth-order valence-electron chi connectivity index (χ4n) is 4.40. The van der Waals surface area contributed by atoms with Crippen LogP contribution in [0.3, 0.4) is 0 Å². The molecule has 0 unspecified atom stereocenters. The summed E-state index contributed by atoms with van der Waals surface area (Å²) in [4.78, 5) is 4.30. The van der Waals surface area contributed by atoms with E-state index in [-0.39, 0.29) is 11.8 Å². The summed E-state index contributed by atoms with van der Waals surface area (Å²) in [5.41, 5.74) is 2.68. The third kappa shape index (κ3) is 3.73. The third-order valence-electron chi connectivity index (χ3n) is 5.92. The smallest absolute Gasteiger partial charge is 0.233 e. The number of ether oxygens (including phenoxy) is 1.